The van der Waals surface area contributed by atoms with E-state index in [1.165, 1.54) is 0 Å². The number of nitrogens with one attached hydrogen (secondary N) is 2. The van der Waals surface area contributed by atoms with Gasteiger partial charge in [-0.1, -0.05) is 25.1 Å². The zero-order chi connectivity index (χ0) is 20.4. The summed E-state index contributed by atoms with van der Waals surface area (Å²) in [5, 5.41) is 19.4. The zero-order valence-corrected chi connectivity index (χ0v) is 17.0. The van der Waals surface area contributed by atoms with Crippen molar-refractivity contribution in [1.29, 1.82) is 0 Å². The smallest absolute Gasteiger partial charge is 0.191 e. The average molecular weight is 390 g/mol. The largest absolute Gasteiger partial charge is 0.493 e. The molecule has 1 aromatic heterocycles. The summed E-state index contributed by atoms with van der Waals surface area (Å²) in [4.78, 5) is 4.60. The van der Waals surface area contributed by atoms with Crippen LogP contribution in [0.2, 0.25) is 0 Å². The van der Waals surface area contributed by atoms with E-state index in [1.54, 1.807) is 7.11 Å². The quantitative estimate of drug-likeness (QED) is 0.423. The minimum absolute atomic E-state index is 0.0449. The van der Waals surface area contributed by atoms with Crippen molar-refractivity contribution in [3.63, 3.8) is 0 Å². The van der Waals surface area contributed by atoms with Gasteiger partial charge in [-0.25, -0.2) is 4.99 Å². The van der Waals surface area contributed by atoms with E-state index in [0.29, 0.717) is 36.5 Å². The molecule has 2 aromatic rings. The number of aromatic nitrogens is 1. The number of rotatable bonds is 10. The standard InChI is InChI=1S/C20H30N4O4/c1-5-21-20(23-13-16-11-17(14(2)3)24-28-16)22-12-15-6-7-18(27-9-8-25)19(10-15)26-4/h6-7,10-11,14,25H,5,8-9,12-13H2,1-4H3,(H2,21,22,23). The first kappa shape index (κ1) is 21.6. The molecule has 8 heteroatoms. The van der Waals surface area contributed by atoms with Crippen molar-refractivity contribution in [2.45, 2.75) is 39.8 Å². The molecule has 0 fully saturated rings. The van der Waals surface area contributed by atoms with Crippen molar-refractivity contribution in [2.75, 3.05) is 26.9 Å². The normalized spacial score (nSPS) is 11.6. The Kier molecular flexibility index (Phi) is 8.61. The molecule has 0 saturated carbocycles. The van der Waals surface area contributed by atoms with Gasteiger partial charge >= 0.3 is 0 Å². The Morgan fingerprint density at radius 2 is 2.07 bits per heavy atom. The van der Waals surface area contributed by atoms with Crippen LogP contribution in [0.5, 0.6) is 11.5 Å². The average Bonchev–Trinajstić information content (AvgIpc) is 3.18. The van der Waals surface area contributed by atoms with Gasteiger partial charge in [-0.2, -0.15) is 0 Å². The molecule has 0 aliphatic carbocycles. The van der Waals surface area contributed by atoms with Crippen LogP contribution in [0.3, 0.4) is 0 Å². The van der Waals surface area contributed by atoms with E-state index in [4.69, 9.17) is 19.1 Å². The molecule has 0 radical (unpaired) electrons. The maximum atomic E-state index is 8.89. The predicted molar refractivity (Wildman–Crippen MR) is 108 cm³/mol. The van der Waals surface area contributed by atoms with Gasteiger partial charge in [-0.05, 0) is 30.5 Å². The number of nitrogens with zero attached hydrogens (tertiary/aromatic N) is 2. The van der Waals surface area contributed by atoms with Gasteiger partial charge in [0, 0.05) is 12.6 Å². The third kappa shape index (κ3) is 6.45. The molecule has 2 rings (SSSR count). The van der Waals surface area contributed by atoms with Crippen LogP contribution < -0.4 is 20.1 Å². The summed E-state index contributed by atoms with van der Waals surface area (Å²) in [7, 11) is 1.59. The Labute approximate surface area is 165 Å². The number of ether oxygens (including phenoxy) is 2. The van der Waals surface area contributed by atoms with Gasteiger partial charge in [-0.3, -0.25) is 0 Å². The fourth-order valence-electron chi connectivity index (χ4n) is 2.45. The van der Waals surface area contributed by atoms with Crippen LogP contribution in [-0.4, -0.2) is 43.1 Å². The fraction of sp³-hybridized carbons (Fsp3) is 0.500. The van der Waals surface area contributed by atoms with E-state index in [2.05, 4.69) is 34.6 Å². The lowest BCUT2D eigenvalue weighted by Crippen LogP contribution is -2.36. The summed E-state index contributed by atoms with van der Waals surface area (Å²) in [6.07, 6.45) is 0. The van der Waals surface area contributed by atoms with E-state index in [9.17, 15) is 0 Å². The van der Waals surface area contributed by atoms with Gasteiger partial charge < -0.3 is 29.7 Å². The van der Waals surface area contributed by atoms with Gasteiger partial charge in [0.1, 0.15) is 6.61 Å². The van der Waals surface area contributed by atoms with Crippen LogP contribution in [0.15, 0.2) is 33.8 Å². The second kappa shape index (κ2) is 11.2. The molecule has 0 atom stereocenters. The van der Waals surface area contributed by atoms with E-state index < -0.39 is 0 Å². The maximum Gasteiger partial charge on any atom is 0.191 e. The maximum absolute atomic E-state index is 8.89. The lowest BCUT2D eigenvalue weighted by Gasteiger charge is -2.12. The van der Waals surface area contributed by atoms with E-state index in [1.807, 2.05) is 31.2 Å². The Hall–Kier alpha value is -2.74. The molecule has 0 aliphatic heterocycles. The highest BCUT2D eigenvalue weighted by Gasteiger charge is 2.09. The highest BCUT2D eigenvalue weighted by Crippen LogP contribution is 2.28. The van der Waals surface area contributed by atoms with Gasteiger partial charge in [0.05, 0.1) is 32.5 Å². The van der Waals surface area contributed by atoms with Crippen LogP contribution in [0, 0.1) is 0 Å². The molecule has 0 saturated heterocycles. The highest BCUT2D eigenvalue weighted by atomic mass is 16.5. The van der Waals surface area contributed by atoms with Gasteiger partial charge in [0.25, 0.3) is 0 Å². The number of methoxy groups -OCH3 is 1. The van der Waals surface area contributed by atoms with Crippen molar-refractivity contribution in [3.05, 3.63) is 41.3 Å². The Balaban J connectivity index is 2.00. The van der Waals surface area contributed by atoms with Crippen molar-refractivity contribution >= 4 is 5.96 Å². The number of aliphatic hydroxyl groups excluding tert-OH is 1. The predicted octanol–water partition coefficient (Wildman–Crippen LogP) is 2.43. The minimum Gasteiger partial charge on any atom is -0.493 e. The van der Waals surface area contributed by atoms with Crippen molar-refractivity contribution in [2.24, 2.45) is 4.99 Å². The van der Waals surface area contributed by atoms with E-state index in [0.717, 1.165) is 23.6 Å². The molecule has 0 amide bonds. The summed E-state index contributed by atoms with van der Waals surface area (Å²) < 4.78 is 16.2. The number of benzene rings is 1. The third-order valence-electron chi connectivity index (χ3n) is 3.94. The molecule has 0 unspecified atom stereocenters. The number of aliphatic imine (C=N–C) groups is 1. The molecule has 28 heavy (non-hydrogen) atoms. The first-order valence-corrected chi connectivity index (χ1v) is 9.45. The molecule has 0 aliphatic rings. The van der Waals surface area contributed by atoms with E-state index in [-0.39, 0.29) is 13.2 Å². The van der Waals surface area contributed by atoms with Crippen molar-refractivity contribution in [1.82, 2.24) is 15.8 Å². The van der Waals surface area contributed by atoms with Gasteiger partial charge in [0.15, 0.2) is 23.2 Å². The zero-order valence-electron chi connectivity index (χ0n) is 17.0. The number of hydrogen-bond acceptors (Lipinski definition) is 6. The Morgan fingerprint density at radius 3 is 2.71 bits per heavy atom. The Morgan fingerprint density at radius 1 is 1.25 bits per heavy atom. The van der Waals surface area contributed by atoms with Crippen LogP contribution >= 0.6 is 0 Å². The molecule has 0 spiro atoms. The third-order valence-corrected chi connectivity index (χ3v) is 3.94. The summed E-state index contributed by atoms with van der Waals surface area (Å²) in [5.74, 6) is 2.99. The first-order chi connectivity index (χ1) is 13.6. The van der Waals surface area contributed by atoms with Crippen LogP contribution in [0.4, 0.5) is 0 Å². The SMILES string of the molecule is CCNC(=NCc1ccc(OCCO)c(OC)c1)NCc1cc(C(C)C)no1. The number of guanidine groups is 1. The second-order valence-corrected chi connectivity index (χ2v) is 6.48. The summed E-state index contributed by atoms with van der Waals surface area (Å²) in [5.41, 5.74) is 1.92. The Bertz CT molecular complexity index is 758. The van der Waals surface area contributed by atoms with Gasteiger partial charge in [0.2, 0.25) is 0 Å². The summed E-state index contributed by atoms with van der Waals surface area (Å²) >= 11 is 0. The first-order valence-electron chi connectivity index (χ1n) is 9.45. The lowest BCUT2D eigenvalue weighted by molar-refractivity contribution is 0.196. The van der Waals surface area contributed by atoms with Crippen molar-refractivity contribution in [3.8, 4) is 11.5 Å². The van der Waals surface area contributed by atoms with Crippen LogP contribution in [0.25, 0.3) is 0 Å². The van der Waals surface area contributed by atoms with Gasteiger partial charge in [-0.15, -0.1) is 0 Å². The number of hydrogen-bond donors (Lipinski definition) is 3. The fourth-order valence-corrected chi connectivity index (χ4v) is 2.45. The highest BCUT2D eigenvalue weighted by molar-refractivity contribution is 5.79. The molecule has 0 bridgehead atoms. The molecule has 3 N–H and O–H groups in total. The van der Waals surface area contributed by atoms with E-state index >= 15 is 0 Å². The molecular weight excluding hydrogens is 360 g/mol. The van der Waals surface area contributed by atoms with Crippen LogP contribution in [0.1, 0.15) is 43.7 Å². The van der Waals surface area contributed by atoms with Crippen LogP contribution in [-0.2, 0) is 13.1 Å². The lowest BCUT2D eigenvalue weighted by atomic mass is 10.1. The summed E-state index contributed by atoms with van der Waals surface area (Å²) in [6, 6.07) is 7.58. The number of aliphatic hydroxyl groups is 1. The minimum atomic E-state index is -0.0449. The summed E-state index contributed by atoms with van der Waals surface area (Å²) in [6.45, 7) is 8.07. The monoisotopic (exact) mass is 390 g/mol. The molecule has 154 valence electrons. The van der Waals surface area contributed by atoms with Crippen molar-refractivity contribution < 1.29 is 19.1 Å². The topological polar surface area (TPSA) is 101 Å². The molecule has 8 nitrogen and oxygen atoms in total. The molecule has 1 heterocycles. The second-order valence-electron chi connectivity index (χ2n) is 6.48. The molecular formula is C20H30N4O4. The molecule has 1 aromatic carbocycles.